The molecule has 3 aromatic rings. The largest absolute Gasteiger partial charge is 0.486 e. The number of ether oxygens (including phenoxy) is 2. The van der Waals surface area contributed by atoms with E-state index in [1.807, 2.05) is 12.1 Å². The highest BCUT2D eigenvalue weighted by Gasteiger charge is 2.17. The maximum absolute atomic E-state index is 11.9. The fraction of sp³-hybridized carbons (Fsp3) is 0.154. The average Bonchev–Trinajstić information content (AvgIpc) is 3.13. The van der Waals surface area contributed by atoms with Crippen LogP contribution in [0.5, 0.6) is 11.5 Å². The van der Waals surface area contributed by atoms with Crippen LogP contribution in [0.1, 0.15) is 10.6 Å². The standard InChI is InChI=1S/C13H9N3O4S/c17-12(8-1-2-14-20-8)16-13-15-7-5-9-10(6-11(7)21-13)19-4-3-18-9/h1-2,5-6H,3-4H2,(H,15,16,17). The molecule has 4 rings (SSSR count). The summed E-state index contributed by atoms with van der Waals surface area (Å²) in [6.45, 7) is 1.06. The molecule has 0 unspecified atom stereocenters. The molecule has 106 valence electrons. The fourth-order valence-corrected chi connectivity index (χ4v) is 2.88. The Morgan fingerprint density at radius 1 is 1.24 bits per heavy atom. The number of benzene rings is 1. The first-order chi connectivity index (χ1) is 10.3. The molecule has 8 heteroatoms. The van der Waals surface area contributed by atoms with Crippen LogP contribution in [-0.2, 0) is 0 Å². The zero-order valence-electron chi connectivity index (χ0n) is 10.7. The molecule has 0 fully saturated rings. The van der Waals surface area contributed by atoms with Gasteiger partial charge in [0, 0.05) is 18.2 Å². The Morgan fingerprint density at radius 3 is 2.81 bits per heavy atom. The highest BCUT2D eigenvalue weighted by atomic mass is 32.1. The summed E-state index contributed by atoms with van der Waals surface area (Å²) in [4.78, 5) is 16.2. The number of aromatic nitrogens is 2. The third-order valence-electron chi connectivity index (χ3n) is 2.93. The summed E-state index contributed by atoms with van der Waals surface area (Å²) in [6, 6.07) is 5.17. The number of nitrogens with one attached hydrogen (secondary N) is 1. The molecular formula is C13H9N3O4S. The van der Waals surface area contributed by atoms with Crippen molar-refractivity contribution in [3.8, 4) is 11.5 Å². The smallest absolute Gasteiger partial charge is 0.296 e. The zero-order valence-corrected chi connectivity index (χ0v) is 11.5. The molecular weight excluding hydrogens is 294 g/mol. The highest BCUT2D eigenvalue weighted by Crippen LogP contribution is 2.37. The van der Waals surface area contributed by atoms with Crippen LogP contribution in [0.2, 0.25) is 0 Å². The lowest BCUT2D eigenvalue weighted by molar-refractivity contribution is 0.0988. The second-order valence-corrected chi connectivity index (χ2v) is 5.34. The van der Waals surface area contributed by atoms with Crippen LogP contribution < -0.4 is 14.8 Å². The van der Waals surface area contributed by atoms with Crippen molar-refractivity contribution in [1.82, 2.24) is 10.1 Å². The normalized spacial score (nSPS) is 13.3. The molecule has 1 aromatic carbocycles. The molecule has 1 aliphatic rings. The lowest BCUT2D eigenvalue weighted by atomic mass is 10.3. The Kier molecular flexibility index (Phi) is 2.74. The van der Waals surface area contributed by atoms with Crippen molar-refractivity contribution in [2.45, 2.75) is 0 Å². The zero-order chi connectivity index (χ0) is 14.2. The van der Waals surface area contributed by atoms with Crippen molar-refractivity contribution < 1.29 is 18.8 Å². The molecule has 0 spiro atoms. The van der Waals surface area contributed by atoms with Crippen LogP contribution in [0.25, 0.3) is 10.2 Å². The first-order valence-corrected chi connectivity index (χ1v) is 7.03. The van der Waals surface area contributed by atoms with Gasteiger partial charge in [0.15, 0.2) is 16.6 Å². The van der Waals surface area contributed by atoms with Crippen LogP contribution >= 0.6 is 11.3 Å². The number of carbonyl (C=O) groups is 1. The number of thiazole rings is 1. The molecule has 0 saturated heterocycles. The molecule has 0 saturated carbocycles. The summed E-state index contributed by atoms with van der Waals surface area (Å²) in [5, 5.41) is 6.65. The van der Waals surface area contributed by atoms with Crippen molar-refractivity contribution in [3.05, 3.63) is 30.2 Å². The van der Waals surface area contributed by atoms with E-state index in [2.05, 4.69) is 15.5 Å². The van der Waals surface area contributed by atoms with Gasteiger partial charge in [-0.05, 0) is 0 Å². The third kappa shape index (κ3) is 2.19. The molecule has 3 heterocycles. The lowest BCUT2D eigenvalue weighted by Crippen LogP contribution is -2.15. The van der Waals surface area contributed by atoms with Crippen LogP contribution in [0.15, 0.2) is 28.9 Å². The van der Waals surface area contributed by atoms with E-state index in [-0.39, 0.29) is 11.7 Å². The molecule has 7 nitrogen and oxygen atoms in total. The highest BCUT2D eigenvalue weighted by molar-refractivity contribution is 7.22. The van der Waals surface area contributed by atoms with E-state index in [9.17, 15) is 4.79 Å². The molecule has 1 aliphatic heterocycles. The topological polar surface area (TPSA) is 86.5 Å². The Bertz CT molecular complexity index is 769. The Hall–Kier alpha value is -2.61. The van der Waals surface area contributed by atoms with Crippen LogP contribution in [0.4, 0.5) is 5.13 Å². The quantitative estimate of drug-likeness (QED) is 0.781. The van der Waals surface area contributed by atoms with E-state index in [4.69, 9.17) is 14.0 Å². The molecule has 2 aromatic heterocycles. The lowest BCUT2D eigenvalue weighted by Gasteiger charge is -2.17. The second-order valence-electron chi connectivity index (χ2n) is 4.31. The van der Waals surface area contributed by atoms with Gasteiger partial charge in [-0.3, -0.25) is 10.1 Å². The number of amides is 1. The summed E-state index contributed by atoms with van der Waals surface area (Å²) in [5.74, 6) is 1.13. The van der Waals surface area contributed by atoms with Crippen molar-refractivity contribution in [1.29, 1.82) is 0 Å². The number of carbonyl (C=O) groups excluding carboxylic acids is 1. The molecule has 0 aliphatic carbocycles. The van der Waals surface area contributed by atoms with E-state index in [0.717, 1.165) is 10.2 Å². The minimum absolute atomic E-state index is 0.139. The van der Waals surface area contributed by atoms with Crippen LogP contribution in [0, 0.1) is 0 Å². The number of hydrogen-bond acceptors (Lipinski definition) is 7. The monoisotopic (exact) mass is 303 g/mol. The van der Waals surface area contributed by atoms with Gasteiger partial charge < -0.3 is 14.0 Å². The second kappa shape index (κ2) is 4.74. The SMILES string of the molecule is O=C(Nc1nc2cc3c(cc2s1)OCCO3)c1ccno1. The fourth-order valence-electron chi connectivity index (χ4n) is 2.01. The minimum atomic E-state index is -0.385. The van der Waals surface area contributed by atoms with Gasteiger partial charge in [0.05, 0.1) is 16.4 Å². The van der Waals surface area contributed by atoms with Crippen molar-refractivity contribution >= 4 is 32.6 Å². The van der Waals surface area contributed by atoms with Crippen molar-refractivity contribution in [3.63, 3.8) is 0 Å². The van der Waals surface area contributed by atoms with Crippen LogP contribution in [0.3, 0.4) is 0 Å². The van der Waals surface area contributed by atoms with Gasteiger partial charge in [-0.15, -0.1) is 0 Å². The Labute approximate surface area is 122 Å². The maximum atomic E-state index is 11.9. The summed E-state index contributed by atoms with van der Waals surface area (Å²) in [7, 11) is 0. The first kappa shape index (κ1) is 12.2. The molecule has 0 radical (unpaired) electrons. The van der Waals surface area contributed by atoms with Gasteiger partial charge in [0.25, 0.3) is 5.91 Å². The third-order valence-corrected chi connectivity index (χ3v) is 3.87. The van der Waals surface area contributed by atoms with Gasteiger partial charge in [0.2, 0.25) is 5.76 Å². The summed E-state index contributed by atoms with van der Waals surface area (Å²) < 4.78 is 16.7. The van der Waals surface area contributed by atoms with Gasteiger partial charge in [-0.1, -0.05) is 16.5 Å². The Balaban J connectivity index is 1.66. The van der Waals surface area contributed by atoms with E-state index in [0.29, 0.717) is 29.8 Å². The van der Waals surface area contributed by atoms with Gasteiger partial charge >= 0.3 is 0 Å². The molecule has 0 atom stereocenters. The molecule has 0 bridgehead atoms. The average molecular weight is 303 g/mol. The minimum Gasteiger partial charge on any atom is -0.486 e. The predicted octanol–water partition coefficient (Wildman–Crippen LogP) is 2.31. The number of hydrogen-bond donors (Lipinski definition) is 1. The first-order valence-electron chi connectivity index (χ1n) is 6.22. The van der Waals surface area contributed by atoms with Gasteiger partial charge in [-0.2, -0.15) is 0 Å². The number of anilines is 1. The Morgan fingerprint density at radius 2 is 2.05 bits per heavy atom. The number of rotatable bonds is 2. The number of fused-ring (bicyclic) bond motifs is 2. The maximum Gasteiger partial charge on any atom is 0.296 e. The number of nitrogens with zero attached hydrogens (tertiary/aromatic N) is 2. The molecule has 1 N–H and O–H groups in total. The van der Waals surface area contributed by atoms with E-state index >= 15 is 0 Å². The predicted molar refractivity (Wildman–Crippen MR) is 75.1 cm³/mol. The van der Waals surface area contributed by atoms with Crippen LogP contribution in [-0.4, -0.2) is 29.3 Å². The van der Waals surface area contributed by atoms with Gasteiger partial charge in [-0.25, -0.2) is 4.98 Å². The molecule has 21 heavy (non-hydrogen) atoms. The van der Waals surface area contributed by atoms with Crippen molar-refractivity contribution in [2.24, 2.45) is 0 Å². The van der Waals surface area contributed by atoms with Gasteiger partial charge in [0.1, 0.15) is 13.2 Å². The summed E-state index contributed by atoms with van der Waals surface area (Å²) >= 11 is 1.36. The summed E-state index contributed by atoms with van der Waals surface area (Å²) in [5.41, 5.74) is 0.747. The summed E-state index contributed by atoms with van der Waals surface area (Å²) in [6.07, 6.45) is 1.41. The van der Waals surface area contributed by atoms with Crippen molar-refractivity contribution in [2.75, 3.05) is 18.5 Å². The van der Waals surface area contributed by atoms with E-state index in [1.54, 1.807) is 0 Å². The van der Waals surface area contributed by atoms with E-state index in [1.165, 1.54) is 23.6 Å². The molecule has 1 amide bonds. The van der Waals surface area contributed by atoms with E-state index < -0.39 is 0 Å².